The molecule has 1 aromatic carbocycles. The molecule has 0 N–H and O–H groups in total. The van der Waals surface area contributed by atoms with Crippen LogP contribution in [-0.4, -0.2) is 21.6 Å². The maximum atomic E-state index is 5.83. The van der Waals surface area contributed by atoms with Crippen LogP contribution < -0.4 is 4.74 Å². The number of alkyl halides is 6. The van der Waals surface area contributed by atoms with Crippen LogP contribution in [0.3, 0.4) is 0 Å². The lowest BCUT2D eigenvalue weighted by Gasteiger charge is -2.14. The number of nitrogens with zero attached hydrogens (tertiary/aromatic N) is 3. The Kier molecular flexibility index (Phi) is 7.05. The molecule has 0 aliphatic heterocycles. The van der Waals surface area contributed by atoms with Crippen LogP contribution in [0.2, 0.25) is 0 Å². The molecule has 2 rings (SSSR count). The van der Waals surface area contributed by atoms with E-state index in [4.69, 9.17) is 74.3 Å². The van der Waals surface area contributed by atoms with Crippen molar-refractivity contribution in [1.82, 2.24) is 15.0 Å². The molecule has 0 radical (unpaired) electrons. The van der Waals surface area contributed by atoms with Crippen LogP contribution in [0.5, 0.6) is 5.75 Å². The zero-order chi connectivity index (χ0) is 18.7. The van der Waals surface area contributed by atoms with Crippen molar-refractivity contribution in [3.05, 3.63) is 47.3 Å². The maximum absolute atomic E-state index is 5.83. The van der Waals surface area contributed by atoms with E-state index in [9.17, 15) is 0 Å². The Morgan fingerprint density at radius 2 is 1.36 bits per heavy atom. The quantitative estimate of drug-likeness (QED) is 0.516. The van der Waals surface area contributed by atoms with Crippen molar-refractivity contribution >= 4 is 81.8 Å². The Morgan fingerprint density at radius 3 is 1.80 bits per heavy atom. The highest BCUT2D eigenvalue weighted by Crippen LogP contribution is 2.39. The summed E-state index contributed by atoms with van der Waals surface area (Å²) < 4.78 is 1.63. The first-order valence-corrected chi connectivity index (χ1v) is 9.18. The van der Waals surface area contributed by atoms with Crippen LogP contribution in [-0.2, 0) is 7.59 Å². The summed E-state index contributed by atoms with van der Waals surface area (Å²) in [6.07, 6.45) is 3.35. The standard InChI is InChI=1S/C15H11Cl6N3O/c1-2-25-10-6-3-9(4-7-10)5-8-11-22-12(14(16,17)18)24-13(23-11)15(19,20)21/h3-8H,2H2,1H3/b8-5+. The van der Waals surface area contributed by atoms with Crippen LogP contribution in [0, 0.1) is 0 Å². The zero-order valence-corrected chi connectivity index (χ0v) is 17.2. The summed E-state index contributed by atoms with van der Waals surface area (Å²) in [7, 11) is 0. The van der Waals surface area contributed by atoms with Gasteiger partial charge in [-0.05, 0) is 30.7 Å². The molecule has 134 valence electrons. The average molecular weight is 462 g/mol. The fourth-order valence-corrected chi connectivity index (χ4v) is 2.24. The van der Waals surface area contributed by atoms with Crippen molar-refractivity contribution in [2.45, 2.75) is 14.5 Å². The SMILES string of the molecule is CCOc1ccc(/C=C/c2nc(C(Cl)(Cl)Cl)nc(C(Cl)(Cl)Cl)n2)cc1. The Morgan fingerprint density at radius 1 is 0.840 bits per heavy atom. The third kappa shape index (κ3) is 6.31. The van der Waals surface area contributed by atoms with Crippen molar-refractivity contribution in [1.29, 1.82) is 0 Å². The van der Waals surface area contributed by atoms with Gasteiger partial charge in [0.15, 0.2) is 17.5 Å². The largest absolute Gasteiger partial charge is 0.494 e. The Balaban J connectivity index is 2.34. The van der Waals surface area contributed by atoms with Crippen LogP contribution in [0.1, 0.15) is 30.0 Å². The Bertz CT molecular complexity index is 721. The number of benzene rings is 1. The van der Waals surface area contributed by atoms with Gasteiger partial charge >= 0.3 is 0 Å². The smallest absolute Gasteiger partial charge is 0.250 e. The lowest BCUT2D eigenvalue weighted by molar-refractivity contribution is 0.340. The fourth-order valence-electron chi connectivity index (χ4n) is 1.73. The highest BCUT2D eigenvalue weighted by Gasteiger charge is 2.33. The molecule has 0 saturated carbocycles. The third-order valence-electron chi connectivity index (χ3n) is 2.78. The first kappa shape index (κ1) is 20.8. The topological polar surface area (TPSA) is 47.9 Å². The molecule has 0 bridgehead atoms. The predicted octanol–water partition coefficient (Wildman–Crippen LogP) is 6.09. The third-order valence-corrected chi connectivity index (χ3v) is 3.79. The lowest BCUT2D eigenvalue weighted by atomic mass is 10.2. The minimum Gasteiger partial charge on any atom is -0.494 e. The highest BCUT2D eigenvalue weighted by molar-refractivity contribution is 6.67. The molecule has 2 aromatic rings. The van der Waals surface area contributed by atoms with Gasteiger partial charge in [-0.25, -0.2) is 15.0 Å². The minimum atomic E-state index is -1.88. The molecule has 0 spiro atoms. The molecule has 10 heteroatoms. The van der Waals surface area contributed by atoms with Crippen molar-refractivity contribution in [3.63, 3.8) is 0 Å². The van der Waals surface area contributed by atoms with Gasteiger partial charge in [-0.3, -0.25) is 0 Å². The van der Waals surface area contributed by atoms with Gasteiger partial charge in [-0.15, -0.1) is 0 Å². The normalized spacial score (nSPS) is 12.6. The lowest BCUT2D eigenvalue weighted by Crippen LogP contribution is -2.16. The summed E-state index contributed by atoms with van der Waals surface area (Å²) in [5, 5.41) is 0. The number of rotatable bonds is 4. The summed E-state index contributed by atoms with van der Waals surface area (Å²) in [6.45, 7) is 2.51. The van der Waals surface area contributed by atoms with Crippen LogP contribution >= 0.6 is 69.6 Å². The number of halogens is 6. The molecule has 0 fully saturated rings. The molecule has 0 saturated heterocycles. The van der Waals surface area contributed by atoms with Crippen LogP contribution in [0.25, 0.3) is 12.2 Å². The van der Waals surface area contributed by atoms with E-state index in [-0.39, 0.29) is 17.5 Å². The highest BCUT2D eigenvalue weighted by atomic mass is 35.6. The van der Waals surface area contributed by atoms with Gasteiger partial charge in [0.25, 0.3) is 0 Å². The maximum Gasteiger partial charge on any atom is 0.250 e. The second-order valence-corrected chi connectivity index (χ2v) is 9.23. The summed E-state index contributed by atoms with van der Waals surface area (Å²) in [5.74, 6) is 0.684. The molecule has 25 heavy (non-hydrogen) atoms. The van der Waals surface area contributed by atoms with Crippen LogP contribution in [0.4, 0.5) is 0 Å². The molecular formula is C15H11Cl6N3O. The number of aromatic nitrogens is 3. The summed E-state index contributed by atoms with van der Waals surface area (Å²) in [4.78, 5) is 12.0. The van der Waals surface area contributed by atoms with Crippen molar-refractivity contribution in [3.8, 4) is 5.75 Å². The zero-order valence-electron chi connectivity index (χ0n) is 12.7. The van der Waals surface area contributed by atoms with E-state index in [0.29, 0.717) is 6.61 Å². The van der Waals surface area contributed by atoms with E-state index in [1.807, 2.05) is 31.2 Å². The molecule has 1 aromatic heterocycles. The molecule has 1 heterocycles. The van der Waals surface area contributed by atoms with E-state index in [1.54, 1.807) is 12.2 Å². The van der Waals surface area contributed by atoms with Gasteiger partial charge in [-0.1, -0.05) is 87.8 Å². The second-order valence-electron chi connectivity index (χ2n) is 4.67. The Labute approximate surface area is 175 Å². The van der Waals surface area contributed by atoms with E-state index < -0.39 is 7.59 Å². The minimum absolute atomic E-state index is 0.139. The van der Waals surface area contributed by atoms with E-state index in [1.165, 1.54) is 0 Å². The van der Waals surface area contributed by atoms with Gasteiger partial charge in [-0.2, -0.15) is 0 Å². The van der Waals surface area contributed by atoms with Gasteiger partial charge in [0.2, 0.25) is 7.59 Å². The molecule has 0 aliphatic carbocycles. The number of ether oxygens (including phenoxy) is 1. The fraction of sp³-hybridized carbons (Fsp3) is 0.267. The van der Waals surface area contributed by atoms with Gasteiger partial charge in [0.1, 0.15) is 5.75 Å². The predicted molar refractivity (Wildman–Crippen MR) is 105 cm³/mol. The van der Waals surface area contributed by atoms with E-state index >= 15 is 0 Å². The molecule has 0 amide bonds. The number of hydrogen-bond donors (Lipinski definition) is 0. The van der Waals surface area contributed by atoms with Gasteiger partial charge in [0.05, 0.1) is 6.61 Å². The summed E-state index contributed by atoms with van der Waals surface area (Å²) in [6, 6.07) is 7.43. The van der Waals surface area contributed by atoms with E-state index in [0.717, 1.165) is 11.3 Å². The summed E-state index contributed by atoms with van der Waals surface area (Å²) >= 11 is 35.0. The van der Waals surface area contributed by atoms with Crippen molar-refractivity contribution in [2.24, 2.45) is 0 Å². The first-order chi connectivity index (χ1) is 11.6. The van der Waals surface area contributed by atoms with Crippen LogP contribution in [0.15, 0.2) is 24.3 Å². The first-order valence-electron chi connectivity index (χ1n) is 6.91. The van der Waals surface area contributed by atoms with Crippen molar-refractivity contribution in [2.75, 3.05) is 6.61 Å². The number of hydrogen-bond acceptors (Lipinski definition) is 4. The van der Waals surface area contributed by atoms with Crippen molar-refractivity contribution < 1.29 is 4.74 Å². The summed E-state index contributed by atoms with van der Waals surface area (Å²) in [5.41, 5.74) is 0.884. The second kappa shape index (κ2) is 8.47. The molecule has 0 atom stereocenters. The van der Waals surface area contributed by atoms with E-state index in [2.05, 4.69) is 15.0 Å². The van der Waals surface area contributed by atoms with Gasteiger partial charge < -0.3 is 4.74 Å². The molecule has 0 unspecified atom stereocenters. The molecule has 4 nitrogen and oxygen atoms in total. The monoisotopic (exact) mass is 459 g/mol. The van der Waals surface area contributed by atoms with Gasteiger partial charge in [0, 0.05) is 0 Å². The molecular weight excluding hydrogens is 451 g/mol. The molecule has 0 aliphatic rings. The Hall–Kier alpha value is -0.490. The average Bonchev–Trinajstić information content (AvgIpc) is 2.52.